The lowest BCUT2D eigenvalue weighted by Crippen LogP contribution is -2.07. The molecule has 0 spiro atoms. The molecule has 124 valence electrons. The molecule has 0 aliphatic carbocycles. The third-order valence-corrected chi connectivity index (χ3v) is 4.00. The van der Waals surface area contributed by atoms with E-state index in [1.807, 2.05) is 32.2 Å². The highest BCUT2D eigenvalue weighted by molar-refractivity contribution is 6.35. The van der Waals surface area contributed by atoms with Crippen LogP contribution in [0.25, 0.3) is 0 Å². The summed E-state index contributed by atoms with van der Waals surface area (Å²) in [7, 11) is 1.88. The van der Waals surface area contributed by atoms with E-state index in [0.29, 0.717) is 39.7 Å². The van der Waals surface area contributed by atoms with Crippen LogP contribution in [0.1, 0.15) is 18.1 Å². The summed E-state index contributed by atoms with van der Waals surface area (Å²) >= 11 is 18.4. The van der Waals surface area contributed by atoms with Crippen LogP contribution in [-0.2, 0) is 13.2 Å². The van der Waals surface area contributed by atoms with Crippen LogP contribution >= 0.6 is 34.8 Å². The van der Waals surface area contributed by atoms with Crippen LogP contribution in [0.2, 0.25) is 15.1 Å². The molecular formula is C17H18Cl3NO2. The monoisotopic (exact) mass is 373 g/mol. The van der Waals surface area contributed by atoms with Gasteiger partial charge in [-0.3, -0.25) is 0 Å². The molecule has 2 rings (SSSR count). The molecule has 0 radical (unpaired) electrons. The molecule has 2 aromatic carbocycles. The first kappa shape index (κ1) is 18.2. The van der Waals surface area contributed by atoms with E-state index in [-0.39, 0.29) is 6.61 Å². The molecule has 0 aliphatic rings. The molecular weight excluding hydrogens is 357 g/mol. The fraction of sp³-hybridized carbons (Fsp3) is 0.294. The van der Waals surface area contributed by atoms with Crippen molar-refractivity contribution in [2.45, 2.75) is 20.1 Å². The Hall–Kier alpha value is -1.13. The third-order valence-electron chi connectivity index (χ3n) is 3.14. The SMILES string of the molecule is CCOc1cc(CNC)cc(Cl)c1OCc1ccc(Cl)cc1Cl. The number of hydrogen-bond donors (Lipinski definition) is 1. The van der Waals surface area contributed by atoms with Crippen molar-refractivity contribution in [3.63, 3.8) is 0 Å². The summed E-state index contributed by atoms with van der Waals surface area (Å²) in [4.78, 5) is 0. The van der Waals surface area contributed by atoms with Crippen LogP contribution in [0.5, 0.6) is 11.5 Å². The van der Waals surface area contributed by atoms with Gasteiger partial charge in [-0.15, -0.1) is 0 Å². The molecule has 0 bridgehead atoms. The van der Waals surface area contributed by atoms with E-state index in [1.54, 1.807) is 12.1 Å². The minimum atomic E-state index is 0.279. The highest BCUT2D eigenvalue weighted by Gasteiger charge is 2.13. The first-order valence-electron chi connectivity index (χ1n) is 7.21. The fourth-order valence-electron chi connectivity index (χ4n) is 2.12. The lowest BCUT2D eigenvalue weighted by molar-refractivity contribution is 0.269. The first-order chi connectivity index (χ1) is 11.0. The summed E-state index contributed by atoms with van der Waals surface area (Å²) in [6.45, 7) is 3.42. The average Bonchev–Trinajstić information content (AvgIpc) is 2.49. The van der Waals surface area contributed by atoms with Crippen molar-refractivity contribution < 1.29 is 9.47 Å². The molecule has 0 fully saturated rings. The summed E-state index contributed by atoms with van der Waals surface area (Å²) in [5.41, 5.74) is 1.85. The second-order valence-electron chi connectivity index (χ2n) is 4.89. The van der Waals surface area contributed by atoms with E-state index in [2.05, 4.69) is 5.32 Å². The Morgan fingerprint density at radius 1 is 1.00 bits per heavy atom. The number of hydrogen-bond acceptors (Lipinski definition) is 3. The zero-order valence-electron chi connectivity index (χ0n) is 13.0. The molecule has 2 aromatic rings. The predicted octanol–water partition coefficient (Wildman–Crippen LogP) is 5.34. The van der Waals surface area contributed by atoms with Crippen molar-refractivity contribution in [2.24, 2.45) is 0 Å². The Labute approximate surface area is 151 Å². The second kappa shape index (κ2) is 8.65. The Kier molecular flexibility index (Phi) is 6.85. The summed E-state index contributed by atoms with van der Waals surface area (Å²) in [6, 6.07) is 9.06. The molecule has 1 N–H and O–H groups in total. The molecule has 0 saturated carbocycles. The smallest absolute Gasteiger partial charge is 0.180 e. The van der Waals surface area contributed by atoms with Crippen LogP contribution in [0, 0.1) is 0 Å². The van der Waals surface area contributed by atoms with Crippen LogP contribution in [0.3, 0.4) is 0 Å². The maximum Gasteiger partial charge on any atom is 0.180 e. The Bertz CT molecular complexity index is 677. The summed E-state index contributed by atoms with van der Waals surface area (Å²) in [5.74, 6) is 1.13. The molecule has 0 atom stereocenters. The number of benzene rings is 2. The van der Waals surface area contributed by atoms with Gasteiger partial charge in [-0.2, -0.15) is 0 Å². The Morgan fingerprint density at radius 3 is 2.43 bits per heavy atom. The number of nitrogens with one attached hydrogen (secondary N) is 1. The van der Waals surface area contributed by atoms with Crippen LogP contribution < -0.4 is 14.8 Å². The summed E-state index contributed by atoms with van der Waals surface area (Å²) in [5, 5.41) is 4.73. The largest absolute Gasteiger partial charge is 0.490 e. The van der Waals surface area contributed by atoms with Crippen molar-refractivity contribution in [3.8, 4) is 11.5 Å². The lowest BCUT2D eigenvalue weighted by Gasteiger charge is -2.16. The van der Waals surface area contributed by atoms with Crippen molar-refractivity contribution in [1.82, 2.24) is 5.32 Å². The lowest BCUT2D eigenvalue weighted by atomic mass is 10.2. The van der Waals surface area contributed by atoms with Crippen LogP contribution in [0.15, 0.2) is 30.3 Å². The van der Waals surface area contributed by atoms with Gasteiger partial charge in [0.2, 0.25) is 0 Å². The molecule has 0 amide bonds. The quantitative estimate of drug-likeness (QED) is 0.709. The Morgan fingerprint density at radius 2 is 1.78 bits per heavy atom. The van der Waals surface area contributed by atoms with E-state index in [9.17, 15) is 0 Å². The van der Waals surface area contributed by atoms with Gasteiger partial charge in [-0.1, -0.05) is 40.9 Å². The van der Waals surface area contributed by atoms with Gasteiger partial charge in [-0.25, -0.2) is 0 Å². The number of halogens is 3. The van der Waals surface area contributed by atoms with E-state index in [4.69, 9.17) is 44.3 Å². The molecule has 0 aromatic heterocycles. The number of ether oxygens (including phenoxy) is 2. The van der Waals surface area contributed by atoms with Gasteiger partial charge < -0.3 is 14.8 Å². The van der Waals surface area contributed by atoms with E-state index in [1.165, 1.54) is 0 Å². The normalized spacial score (nSPS) is 10.7. The molecule has 0 heterocycles. The van der Waals surface area contributed by atoms with Gasteiger partial charge in [-0.05, 0) is 43.8 Å². The predicted molar refractivity (Wildman–Crippen MR) is 96.2 cm³/mol. The fourth-order valence-corrected chi connectivity index (χ4v) is 2.87. The van der Waals surface area contributed by atoms with Crippen molar-refractivity contribution in [1.29, 1.82) is 0 Å². The highest BCUT2D eigenvalue weighted by atomic mass is 35.5. The maximum atomic E-state index is 6.35. The Balaban J connectivity index is 2.23. The van der Waals surface area contributed by atoms with Gasteiger partial charge >= 0.3 is 0 Å². The summed E-state index contributed by atoms with van der Waals surface area (Å²) < 4.78 is 11.5. The molecule has 0 unspecified atom stereocenters. The average molecular weight is 375 g/mol. The van der Waals surface area contributed by atoms with E-state index in [0.717, 1.165) is 11.1 Å². The molecule has 0 aliphatic heterocycles. The molecule has 0 saturated heterocycles. The van der Waals surface area contributed by atoms with E-state index < -0.39 is 0 Å². The van der Waals surface area contributed by atoms with Gasteiger partial charge in [0.15, 0.2) is 11.5 Å². The van der Waals surface area contributed by atoms with Gasteiger partial charge in [0.25, 0.3) is 0 Å². The van der Waals surface area contributed by atoms with Crippen molar-refractivity contribution >= 4 is 34.8 Å². The zero-order valence-corrected chi connectivity index (χ0v) is 15.2. The van der Waals surface area contributed by atoms with Gasteiger partial charge in [0.05, 0.1) is 11.6 Å². The summed E-state index contributed by atoms with van der Waals surface area (Å²) in [6.07, 6.45) is 0. The molecule has 3 nitrogen and oxygen atoms in total. The van der Waals surface area contributed by atoms with E-state index >= 15 is 0 Å². The van der Waals surface area contributed by atoms with Gasteiger partial charge in [0.1, 0.15) is 6.61 Å². The minimum absolute atomic E-state index is 0.279. The molecule has 6 heteroatoms. The van der Waals surface area contributed by atoms with Crippen LogP contribution in [-0.4, -0.2) is 13.7 Å². The molecule has 23 heavy (non-hydrogen) atoms. The minimum Gasteiger partial charge on any atom is -0.490 e. The van der Waals surface area contributed by atoms with Crippen molar-refractivity contribution in [2.75, 3.05) is 13.7 Å². The first-order valence-corrected chi connectivity index (χ1v) is 8.35. The second-order valence-corrected chi connectivity index (χ2v) is 6.14. The van der Waals surface area contributed by atoms with Crippen LogP contribution in [0.4, 0.5) is 0 Å². The number of rotatable bonds is 7. The van der Waals surface area contributed by atoms with Gasteiger partial charge in [0, 0.05) is 22.2 Å². The van der Waals surface area contributed by atoms with Crippen molar-refractivity contribution in [3.05, 3.63) is 56.5 Å². The zero-order chi connectivity index (χ0) is 16.8. The standard InChI is InChI=1S/C17H18Cl3NO2/c1-3-22-16-7-11(9-21-2)6-15(20)17(16)23-10-12-4-5-13(18)8-14(12)19/h4-8,21H,3,9-10H2,1-2H3. The topological polar surface area (TPSA) is 30.5 Å². The third kappa shape index (κ3) is 4.92. The maximum absolute atomic E-state index is 6.35. The highest BCUT2D eigenvalue weighted by Crippen LogP contribution is 2.37.